The van der Waals surface area contributed by atoms with Gasteiger partial charge in [-0.1, -0.05) is 6.07 Å². The topological polar surface area (TPSA) is 61.7 Å². The van der Waals surface area contributed by atoms with E-state index in [9.17, 15) is 0 Å². The van der Waals surface area contributed by atoms with Gasteiger partial charge in [0.25, 0.3) is 0 Å². The van der Waals surface area contributed by atoms with Gasteiger partial charge in [-0.15, -0.1) is 0 Å². The zero-order valence-corrected chi connectivity index (χ0v) is 7.27. The molecule has 1 aromatic carbocycles. The molecule has 0 amide bonds. The van der Waals surface area contributed by atoms with Gasteiger partial charge in [-0.3, -0.25) is 5.10 Å². The fourth-order valence-electron chi connectivity index (χ4n) is 1.06. The van der Waals surface area contributed by atoms with Crippen molar-refractivity contribution < 1.29 is 4.74 Å². The molecule has 0 saturated heterocycles. The Morgan fingerprint density at radius 3 is 3.00 bits per heavy atom. The number of hydrogen-bond acceptors (Lipinski definition) is 3. The summed E-state index contributed by atoms with van der Waals surface area (Å²) in [6, 6.07) is 9.00. The molecule has 0 radical (unpaired) electrons. The molecule has 0 aliphatic rings. The van der Waals surface area contributed by atoms with Crippen LogP contribution in [0, 0.1) is 11.3 Å². The van der Waals surface area contributed by atoms with Crippen LogP contribution in [0.2, 0.25) is 0 Å². The molecule has 0 spiro atoms. The number of ether oxygens (including phenoxy) is 1. The summed E-state index contributed by atoms with van der Waals surface area (Å²) >= 11 is 0. The molecule has 1 heterocycles. The number of aromatic nitrogens is 2. The quantitative estimate of drug-likeness (QED) is 0.779. The van der Waals surface area contributed by atoms with Crippen LogP contribution in [0.3, 0.4) is 0 Å². The van der Waals surface area contributed by atoms with Crippen LogP contribution in [0.25, 0.3) is 0 Å². The number of nitrogens with one attached hydrogen (secondary N) is 1. The van der Waals surface area contributed by atoms with Crippen molar-refractivity contribution in [2.24, 2.45) is 0 Å². The number of nitrogens with zero attached hydrogens (tertiary/aromatic N) is 2. The van der Waals surface area contributed by atoms with Crippen molar-refractivity contribution in [2.45, 2.75) is 0 Å². The largest absolute Gasteiger partial charge is 0.454 e. The van der Waals surface area contributed by atoms with E-state index in [2.05, 4.69) is 10.2 Å². The summed E-state index contributed by atoms with van der Waals surface area (Å²) in [5.74, 6) is 1.26. The Morgan fingerprint density at radius 2 is 2.29 bits per heavy atom. The average molecular weight is 185 g/mol. The van der Waals surface area contributed by atoms with Crippen molar-refractivity contribution >= 4 is 0 Å². The third kappa shape index (κ3) is 1.72. The van der Waals surface area contributed by atoms with Crippen molar-refractivity contribution in [3.63, 3.8) is 0 Å². The summed E-state index contributed by atoms with van der Waals surface area (Å²) in [6.45, 7) is 0. The summed E-state index contributed by atoms with van der Waals surface area (Å²) in [5.41, 5.74) is 0.575. The van der Waals surface area contributed by atoms with Crippen LogP contribution in [0.1, 0.15) is 5.56 Å². The SMILES string of the molecule is N#Cc1cccc(Oc2cn[nH]c2)c1. The van der Waals surface area contributed by atoms with Crippen LogP contribution in [0.15, 0.2) is 36.7 Å². The van der Waals surface area contributed by atoms with Crippen LogP contribution in [-0.4, -0.2) is 10.2 Å². The lowest BCUT2D eigenvalue weighted by molar-refractivity contribution is 0.483. The van der Waals surface area contributed by atoms with E-state index in [1.54, 1.807) is 36.7 Å². The van der Waals surface area contributed by atoms with Gasteiger partial charge in [-0.25, -0.2) is 0 Å². The van der Waals surface area contributed by atoms with E-state index in [0.29, 0.717) is 17.1 Å². The molecule has 1 aromatic heterocycles. The van der Waals surface area contributed by atoms with Gasteiger partial charge in [0, 0.05) is 0 Å². The molecule has 14 heavy (non-hydrogen) atoms. The Balaban J connectivity index is 2.22. The van der Waals surface area contributed by atoms with Gasteiger partial charge in [-0.05, 0) is 18.2 Å². The minimum absolute atomic E-state index is 0.575. The van der Waals surface area contributed by atoms with E-state index in [1.807, 2.05) is 6.07 Å². The van der Waals surface area contributed by atoms with E-state index in [-0.39, 0.29) is 0 Å². The molecule has 0 saturated carbocycles. The molecule has 4 heteroatoms. The van der Waals surface area contributed by atoms with Crippen LogP contribution >= 0.6 is 0 Å². The lowest BCUT2D eigenvalue weighted by atomic mass is 10.2. The Labute approximate surface area is 80.8 Å². The first-order valence-electron chi connectivity index (χ1n) is 4.05. The maximum atomic E-state index is 8.66. The smallest absolute Gasteiger partial charge is 0.165 e. The Bertz CT molecular complexity index is 456. The Hall–Kier alpha value is -2.28. The maximum absolute atomic E-state index is 8.66. The van der Waals surface area contributed by atoms with Gasteiger partial charge in [0.05, 0.1) is 24.0 Å². The molecule has 68 valence electrons. The maximum Gasteiger partial charge on any atom is 0.165 e. The van der Waals surface area contributed by atoms with E-state index < -0.39 is 0 Å². The van der Waals surface area contributed by atoms with Gasteiger partial charge in [-0.2, -0.15) is 10.4 Å². The monoisotopic (exact) mass is 185 g/mol. The van der Waals surface area contributed by atoms with Gasteiger partial charge in [0.1, 0.15) is 5.75 Å². The predicted octanol–water partition coefficient (Wildman–Crippen LogP) is 2.07. The first-order valence-corrected chi connectivity index (χ1v) is 4.05. The first kappa shape index (κ1) is 8.32. The fraction of sp³-hybridized carbons (Fsp3) is 0. The van der Waals surface area contributed by atoms with Gasteiger partial charge in [0.2, 0.25) is 0 Å². The van der Waals surface area contributed by atoms with Crippen LogP contribution in [0.5, 0.6) is 11.5 Å². The van der Waals surface area contributed by atoms with E-state index in [1.165, 1.54) is 0 Å². The van der Waals surface area contributed by atoms with Gasteiger partial charge >= 0.3 is 0 Å². The molecular weight excluding hydrogens is 178 g/mol. The fourth-order valence-corrected chi connectivity index (χ4v) is 1.06. The van der Waals surface area contributed by atoms with Crippen molar-refractivity contribution in [3.8, 4) is 17.6 Å². The molecule has 0 bridgehead atoms. The van der Waals surface area contributed by atoms with Gasteiger partial charge < -0.3 is 4.74 Å². The second-order valence-corrected chi connectivity index (χ2v) is 2.68. The minimum atomic E-state index is 0.575. The van der Waals surface area contributed by atoms with Crippen molar-refractivity contribution in [3.05, 3.63) is 42.2 Å². The highest BCUT2D eigenvalue weighted by Gasteiger charge is 1.98. The summed E-state index contributed by atoms with van der Waals surface area (Å²) in [6.07, 6.45) is 3.21. The lowest BCUT2D eigenvalue weighted by Crippen LogP contribution is -1.82. The summed E-state index contributed by atoms with van der Waals surface area (Å²) < 4.78 is 5.42. The van der Waals surface area contributed by atoms with Gasteiger partial charge in [0.15, 0.2) is 5.75 Å². The van der Waals surface area contributed by atoms with Crippen molar-refractivity contribution in [1.29, 1.82) is 5.26 Å². The standard InChI is InChI=1S/C10H7N3O/c11-5-8-2-1-3-9(4-8)14-10-6-12-13-7-10/h1-4,6-7H,(H,12,13). The summed E-state index contributed by atoms with van der Waals surface area (Å²) in [5, 5.41) is 15.0. The van der Waals surface area contributed by atoms with Crippen LogP contribution in [0.4, 0.5) is 0 Å². The predicted molar refractivity (Wildman–Crippen MR) is 49.8 cm³/mol. The summed E-state index contributed by atoms with van der Waals surface area (Å²) in [7, 11) is 0. The number of hydrogen-bond donors (Lipinski definition) is 1. The highest BCUT2D eigenvalue weighted by Crippen LogP contribution is 2.20. The number of rotatable bonds is 2. The number of H-pyrrole nitrogens is 1. The van der Waals surface area contributed by atoms with Crippen LogP contribution < -0.4 is 4.74 Å². The molecule has 1 N–H and O–H groups in total. The van der Waals surface area contributed by atoms with E-state index in [0.717, 1.165) is 0 Å². The number of nitriles is 1. The molecular formula is C10H7N3O. The van der Waals surface area contributed by atoms with Crippen molar-refractivity contribution in [1.82, 2.24) is 10.2 Å². The second kappa shape index (κ2) is 3.62. The van der Waals surface area contributed by atoms with E-state index in [4.69, 9.17) is 10.00 Å². The number of aromatic amines is 1. The molecule has 2 rings (SSSR count). The first-order chi connectivity index (χ1) is 6.88. The molecule has 4 nitrogen and oxygen atoms in total. The third-order valence-electron chi connectivity index (χ3n) is 1.67. The summed E-state index contributed by atoms with van der Waals surface area (Å²) in [4.78, 5) is 0. The highest BCUT2D eigenvalue weighted by atomic mass is 16.5. The zero-order chi connectivity index (χ0) is 9.80. The molecule has 0 aliphatic heterocycles. The van der Waals surface area contributed by atoms with Crippen LogP contribution in [-0.2, 0) is 0 Å². The molecule has 0 atom stereocenters. The average Bonchev–Trinajstić information content (AvgIpc) is 2.71. The normalized spacial score (nSPS) is 9.36. The van der Waals surface area contributed by atoms with E-state index >= 15 is 0 Å². The highest BCUT2D eigenvalue weighted by molar-refractivity contribution is 5.38. The lowest BCUT2D eigenvalue weighted by Gasteiger charge is -2.01. The molecule has 0 unspecified atom stereocenters. The Kier molecular flexibility index (Phi) is 2.15. The molecule has 0 fully saturated rings. The minimum Gasteiger partial charge on any atom is -0.454 e. The molecule has 2 aromatic rings. The zero-order valence-electron chi connectivity index (χ0n) is 7.27. The third-order valence-corrected chi connectivity index (χ3v) is 1.67. The molecule has 0 aliphatic carbocycles. The number of benzene rings is 1. The second-order valence-electron chi connectivity index (χ2n) is 2.68. The Morgan fingerprint density at radius 1 is 1.36 bits per heavy atom. The van der Waals surface area contributed by atoms with Crippen molar-refractivity contribution in [2.75, 3.05) is 0 Å².